The summed E-state index contributed by atoms with van der Waals surface area (Å²) < 4.78 is 0. The van der Waals surface area contributed by atoms with Crippen molar-refractivity contribution in [2.45, 2.75) is 64.2 Å². The molecule has 0 heterocycles. The van der Waals surface area contributed by atoms with E-state index in [4.69, 9.17) is 0 Å². The average molecular weight is 515 g/mol. The predicted octanol–water partition coefficient (Wildman–Crippen LogP) is 8.11. The Morgan fingerprint density at radius 2 is 0.778 bits per heavy atom. The van der Waals surface area contributed by atoms with Gasteiger partial charge in [-0.25, -0.2) is 0 Å². The lowest BCUT2D eigenvalue weighted by Gasteiger charge is -2.54. The van der Waals surface area contributed by atoms with Crippen molar-refractivity contribution >= 4 is 27.8 Å². The number of benzene rings is 2. The third-order valence-corrected chi connectivity index (χ3v) is 15.0. The molecule has 10 rings (SSSR count). The Morgan fingerprint density at radius 1 is 0.444 bits per heavy atom. The van der Waals surface area contributed by atoms with Crippen molar-refractivity contribution in [3.05, 3.63) is 48.5 Å². The fraction of sp³-hybridized carbons (Fsp3) is 0.647. The molecular formula is C34H44P2. The molecule has 0 saturated heterocycles. The number of rotatable bonds is 7. The smallest absolute Gasteiger partial charge is 0.0103 e. The highest BCUT2D eigenvalue weighted by atomic mass is 31.1. The van der Waals surface area contributed by atoms with E-state index in [2.05, 4.69) is 48.5 Å². The summed E-state index contributed by atoms with van der Waals surface area (Å²) in [5.41, 5.74) is 3.13. The fourth-order valence-electron chi connectivity index (χ4n) is 10.9. The molecule has 2 aromatic rings. The summed E-state index contributed by atoms with van der Waals surface area (Å²) in [4.78, 5) is 0. The third-order valence-electron chi connectivity index (χ3n) is 12.0. The summed E-state index contributed by atoms with van der Waals surface area (Å²) in [6.45, 7) is 0. The van der Waals surface area contributed by atoms with Crippen LogP contribution < -0.4 is 10.6 Å². The maximum atomic E-state index is 2.47. The molecule has 2 heteroatoms. The van der Waals surface area contributed by atoms with Gasteiger partial charge in [-0.15, -0.1) is 0 Å². The van der Waals surface area contributed by atoms with Gasteiger partial charge in [0.15, 0.2) is 0 Å². The van der Waals surface area contributed by atoms with E-state index in [0.717, 1.165) is 76.3 Å². The summed E-state index contributed by atoms with van der Waals surface area (Å²) in [5, 5.41) is 3.30. The zero-order chi connectivity index (χ0) is 23.6. The van der Waals surface area contributed by atoms with Crippen LogP contribution in [0.2, 0.25) is 0 Å². The van der Waals surface area contributed by atoms with Gasteiger partial charge in [0.25, 0.3) is 0 Å². The molecule has 0 nitrogen and oxygen atoms in total. The van der Waals surface area contributed by atoms with E-state index >= 15 is 0 Å². The van der Waals surface area contributed by atoms with Gasteiger partial charge in [-0.05, 0) is 157 Å². The minimum atomic E-state index is 0.985. The van der Waals surface area contributed by atoms with E-state index in [9.17, 15) is 0 Å². The third kappa shape index (κ3) is 4.17. The van der Waals surface area contributed by atoms with Crippen molar-refractivity contribution in [3.8, 4) is 11.1 Å². The van der Waals surface area contributed by atoms with Gasteiger partial charge in [0.05, 0.1) is 0 Å². The van der Waals surface area contributed by atoms with Gasteiger partial charge in [0, 0.05) is 0 Å². The van der Waals surface area contributed by atoms with E-state index in [1.54, 1.807) is 85.9 Å². The summed E-state index contributed by atoms with van der Waals surface area (Å²) in [6.07, 6.45) is 18.6. The zero-order valence-electron chi connectivity index (χ0n) is 21.9. The van der Waals surface area contributed by atoms with Crippen molar-refractivity contribution < 1.29 is 0 Å². The molecule has 2 atom stereocenters. The highest BCUT2D eigenvalue weighted by Gasteiger charge is 2.48. The molecule has 0 N–H and O–H groups in total. The molecule has 36 heavy (non-hydrogen) atoms. The van der Waals surface area contributed by atoms with Crippen molar-refractivity contribution in [1.82, 2.24) is 0 Å². The van der Waals surface area contributed by atoms with Crippen molar-refractivity contribution in [1.29, 1.82) is 0 Å². The van der Waals surface area contributed by atoms with Crippen LogP contribution in [-0.4, -0.2) is 12.3 Å². The van der Waals surface area contributed by atoms with Crippen molar-refractivity contribution in [2.24, 2.45) is 59.2 Å². The van der Waals surface area contributed by atoms with E-state index in [1.165, 1.54) is 12.3 Å². The maximum absolute atomic E-state index is 2.47. The van der Waals surface area contributed by atoms with Gasteiger partial charge in [-0.1, -0.05) is 65.7 Å². The Kier molecular flexibility index (Phi) is 6.12. The SMILES string of the molecule is c1ccc(-c2ccccc2PCC2C3CC4CC(C3)CC2C4)c(PCC2C3CC4CC(C3)CC2C4)c1. The van der Waals surface area contributed by atoms with Gasteiger partial charge in [0.2, 0.25) is 0 Å². The Labute approximate surface area is 222 Å². The minimum Gasteiger partial charge on any atom is -0.0894 e. The molecule has 0 radical (unpaired) electrons. The van der Waals surface area contributed by atoms with Gasteiger partial charge in [0.1, 0.15) is 0 Å². The first kappa shape index (κ1) is 23.2. The minimum absolute atomic E-state index is 0.985. The molecule has 2 aromatic carbocycles. The fourth-order valence-corrected chi connectivity index (χ4v) is 14.4. The lowest BCUT2D eigenvalue weighted by molar-refractivity contribution is -0.0263. The van der Waals surface area contributed by atoms with Crippen LogP contribution >= 0.6 is 17.2 Å². The van der Waals surface area contributed by atoms with E-state index < -0.39 is 0 Å². The number of hydrogen-bond donors (Lipinski definition) is 0. The number of hydrogen-bond acceptors (Lipinski definition) is 0. The highest BCUT2D eigenvalue weighted by molar-refractivity contribution is 7.48. The van der Waals surface area contributed by atoms with Crippen LogP contribution in [0, 0.1) is 59.2 Å². The van der Waals surface area contributed by atoms with Gasteiger partial charge in [-0.2, -0.15) is 0 Å². The topological polar surface area (TPSA) is 0 Å². The van der Waals surface area contributed by atoms with Crippen LogP contribution in [0.1, 0.15) is 64.2 Å². The van der Waals surface area contributed by atoms with Crippen LogP contribution in [0.15, 0.2) is 48.5 Å². The van der Waals surface area contributed by atoms with Crippen LogP contribution in [-0.2, 0) is 0 Å². The molecular weight excluding hydrogens is 470 g/mol. The van der Waals surface area contributed by atoms with Crippen molar-refractivity contribution in [2.75, 3.05) is 12.3 Å². The monoisotopic (exact) mass is 514 g/mol. The first-order valence-corrected chi connectivity index (χ1v) is 17.8. The molecule has 8 aliphatic rings. The van der Waals surface area contributed by atoms with E-state index in [-0.39, 0.29) is 0 Å². The maximum Gasteiger partial charge on any atom is -0.0103 e. The summed E-state index contributed by atoms with van der Waals surface area (Å²) >= 11 is 0. The van der Waals surface area contributed by atoms with Crippen LogP contribution in [0.3, 0.4) is 0 Å². The molecule has 8 fully saturated rings. The standard InChI is InChI=1S/C34H44P2/c1-3-7-33(35-19-31-25-11-21-9-22(13-25)14-26(31)12-21)29(5-1)30-6-2-4-8-34(30)36-20-32-27-15-23-10-24(17-27)18-28(32)16-23/h1-8,21-28,31-32,35-36H,9-20H2. The van der Waals surface area contributed by atoms with Crippen LogP contribution in [0.5, 0.6) is 0 Å². The molecule has 2 unspecified atom stereocenters. The molecule has 190 valence electrons. The Balaban J connectivity index is 0.993. The lowest BCUT2D eigenvalue weighted by Crippen LogP contribution is -2.46. The quantitative estimate of drug-likeness (QED) is 0.328. The second kappa shape index (κ2) is 9.49. The second-order valence-corrected chi connectivity index (χ2v) is 16.6. The van der Waals surface area contributed by atoms with E-state index in [0.29, 0.717) is 0 Å². The van der Waals surface area contributed by atoms with E-state index in [1.807, 2.05) is 0 Å². The molecule has 8 aliphatic carbocycles. The molecule has 8 bridgehead atoms. The Hall–Kier alpha value is -0.700. The first-order chi connectivity index (χ1) is 17.8. The molecule has 0 amide bonds. The molecule has 0 aliphatic heterocycles. The average Bonchev–Trinajstić information content (AvgIpc) is 2.88. The molecule has 0 spiro atoms. The van der Waals surface area contributed by atoms with Gasteiger partial charge >= 0.3 is 0 Å². The molecule has 8 saturated carbocycles. The summed E-state index contributed by atoms with van der Waals surface area (Å²) in [5.74, 6) is 10.7. The van der Waals surface area contributed by atoms with Crippen molar-refractivity contribution in [3.63, 3.8) is 0 Å². The normalized spacial score (nSPS) is 42.4. The van der Waals surface area contributed by atoms with Gasteiger partial charge in [-0.3, -0.25) is 0 Å². The second-order valence-electron chi connectivity index (χ2n) is 14.0. The van der Waals surface area contributed by atoms with Gasteiger partial charge < -0.3 is 0 Å². The van der Waals surface area contributed by atoms with Crippen LogP contribution in [0.4, 0.5) is 0 Å². The lowest BCUT2D eigenvalue weighted by atomic mass is 9.52. The summed E-state index contributed by atoms with van der Waals surface area (Å²) in [7, 11) is 1.97. The first-order valence-electron chi connectivity index (χ1n) is 15.4. The zero-order valence-corrected chi connectivity index (χ0v) is 23.9. The summed E-state index contributed by atoms with van der Waals surface area (Å²) in [6, 6.07) is 19.1. The largest absolute Gasteiger partial charge is 0.0894 e. The molecule has 0 aromatic heterocycles. The predicted molar refractivity (Wildman–Crippen MR) is 159 cm³/mol. The van der Waals surface area contributed by atoms with Crippen LogP contribution in [0.25, 0.3) is 11.1 Å². The Morgan fingerprint density at radius 3 is 1.14 bits per heavy atom. The Bertz CT molecular complexity index is 960. The highest BCUT2D eigenvalue weighted by Crippen LogP contribution is 2.58.